The highest BCUT2D eigenvalue weighted by molar-refractivity contribution is 7.98. The first-order valence-corrected chi connectivity index (χ1v) is 10.6. The van der Waals surface area contributed by atoms with Gasteiger partial charge in [-0.2, -0.15) is 0 Å². The van der Waals surface area contributed by atoms with Crippen molar-refractivity contribution in [1.29, 1.82) is 0 Å². The number of thioether (sulfide) groups is 1. The van der Waals surface area contributed by atoms with Crippen LogP contribution in [-0.4, -0.2) is 56.0 Å². The molecule has 1 amide bonds. The second-order valence-electron chi connectivity index (χ2n) is 6.65. The molecular formula is C17H21N5OS2. The Labute approximate surface area is 155 Å². The first-order valence-electron chi connectivity index (χ1n) is 8.47. The summed E-state index contributed by atoms with van der Waals surface area (Å²) >= 11 is 3.13. The maximum atomic E-state index is 12.9. The van der Waals surface area contributed by atoms with Gasteiger partial charge in [0.2, 0.25) is 5.91 Å². The number of hydrogen-bond acceptors (Lipinski definition) is 7. The molecule has 0 saturated carbocycles. The normalized spacial score (nSPS) is 23.9. The summed E-state index contributed by atoms with van der Waals surface area (Å²) in [5.74, 6) is 0.393. The largest absolute Gasteiger partial charge is 0.332 e. The third-order valence-electron chi connectivity index (χ3n) is 4.96. The predicted octanol–water partition coefficient (Wildman–Crippen LogP) is 2.28. The van der Waals surface area contributed by atoms with Gasteiger partial charge in [0, 0.05) is 49.0 Å². The highest BCUT2D eigenvalue weighted by Crippen LogP contribution is 2.31. The monoisotopic (exact) mass is 375 g/mol. The van der Waals surface area contributed by atoms with Gasteiger partial charge in [0.25, 0.3) is 0 Å². The van der Waals surface area contributed by atoms with Crippen molar-refractivity contribution in [1.82, 2.24) is 24.8 Å². The van der Waals surface area contributed by atoms with E-state index in [2.05, 4.69) is 24.8 Å². The van der Waals surface area contributed by atoms with Crippen molar-refractivity contribution in [3.63, 3.8) is 0 Å². The van der Waals surface area contributed by atoms with Crippen LogP contribution >= 0.6 is 23.1 Å². The van der Waals surface area contributed by atoms with Crippen molar-refractivity contribution in [3.05, 3.63) is 34.5 Å². The molecule has 3 aliphatic rings. The molecule has 2 aromatic rings. The minimum Gasteiger partial charge on any atom is -0.332 e. The Morgan fingerprint density at radius 2 is 2.04 bits per heavy atom. The molecule has 6 nitrogen and oxygen atoms in total. The fraction of sp³-hybridized carbons (Fsp3) is 0.529. The number of aromatic nitrogens is 3. The molecule has 3 fully saturated rings. The van der Waals surface area contributed by atoms with E-state index >= 15 is 0 Å². The van der Waals surface area contributed by atoms with Gasteiger partial charge in [-0.1, -0.05) is 11.8 Å². The van der Waals surface area contributed by atoms with Crippen LogP contribution in [0.15, 0.2) is 28.4 Å². The second kappa shape index (κ2) is 7.39. The molecule has 2 atom stereocenters. The standard InChI is InChI=1S/C17H21N5OS2/c1-24-17-18-4-12(5-19-17)6-21-7-13-2-3-15(9-21)22(16(13)23)8-14-10-25-11-20-14/h4-5,10-11,13,15H,2-3,6-9H2,1H3/t13-,15+/m0/s1. The Bertz CT molecular complexity index is 721. The van der Waals surface area contributed by atoms with Crippen LogP contribution in [0.5, 0.6) is 0 Å². The zero-order chi connectivity index (χ0) is 17.2. The van der Waals surface area contributed by atoms with Gasteiger partial charge < -0.3 is 4.90 Å². The van der Waals surface area contributed by atoms with Crippen LogP contribution in [0, 0.1) is 5.92 Å². The molecule has 5 heterocycles. The lowest BCUT2D eigenvalue weighted by Crippen LogP contribution is -2.47. The van der Waals surface area contributed by atoms with Crippen LogP contribution in [0.4, 0.5) is 0 Å². The van der Waals surface area contributed by atoms with Crippen molar-refractivity contribution in [2.75, 3.05) is 19.3 Å². The summed E-state index contributed by atoms with van der Waals surface area (Å²) in [5.41, 5.74) is 3.94. The van der Waals surface area contributed by atoms with Gasteiger partial charge in [0.05, 0.1) is 23.7 Å². The summed E-state index contributed by atoms with van der Waals surface area (Å²) in [6.45, 7) is 3.19. The summed E-state index contributed by atoms with van der Waals surface area (Å²) < 4.78 is 0. The molecule has 2 bridgehead atoms. The van der Waals surface area contributed by atoms with Gasteiger partial charge in [0.1, 0.15) is 0 Å². The molecule has 0 aliphatic carbocycles. The van der Waals surface area contributed by atoms with E-state index in [0.29, 0.717) is 12.5 Å². The fourth-order valence-corrected chi connectivity index (χ4v) is 4.61. The smallest absolute Gasteiger partial charge is 0.227 e. The van der Waals surface area contributed by atoms with E-state index in [0.717, 1.165) is 48.9 Å². The molecule has 3 saturated heterocycles. The zero-order valence-electron chi connectivity index (χ0n) is 14.2. The molecule has 132 valence electrons. The van der Waals surface area contributed by atoms with E-state index in [1.807, 2.05) is 29.5 Å². The van der Waals surface area contributed by atoms with E-state index in [9.17, 15) is 4.79 Å². The molecule has 0 radical (unpaired) electrons. The van der Waals surface area contributed by atoms with E-state index in [1.54, 1.807) is 23.1 Å². The zero-order valence-corrected chi connectivity index (χ0v) is 15.8. The summed E-state index contributed by atoms with van der Waals surface area (Å²) in [5, 5.41) is 2.83. The van der Waals surface area contributed by atoms with Crippen molar-refractivity contribution in [2.45, 2.75) is 37.1 Å². The topological polar surface area (TPSA) is 62.2 Å². The van der Waals surface area contributed by atoms with Crippen LogP contribution in [-0.2, 0) is 17.9 Å². The molecular weight excluding hydrogens is 354 g/mol. The number of fused-ring (bicyclic) bond motifs is 4. The van der Waals surface area contributed by atoms with Gasteiger partial charge in [-0.25, -0.2) is 15.0 Å². The molecule has 0 spiro atoms. The lowest BCUT2D eigenvalue weighted by atomic mass is 9.94. The third-order valence-corrected chi connectivity index (χ3v) is 6.17. The number of amides is 1. The number of carbonyl (C=O) groups is 1. The number of rotatable bonds is 5. The maximum absolute atomic E-state index is 12.9. The molecule has 25 heavy (non-hydrogen) atoms. The van der Waals surface area contributed by atoms with Gasteiger partial charge in [-0.05, 0) is 19.1 Å². The Morgan fingerprint density at radius 3 is 2.76 bits per heavy atom. The van der Waals surface area contributed by atoms with Crippen LogP contribution < -0.4 is 0 Å². The van der Waals surface area contributed by atoms with Gasteiger partial charge in [-0.15, -0.1) is 11.3 Å². The summed E-state index contributed by atoms with van der Waals surface area (Å²) in [4.78, 5) is 30.4. The Kier molecular flexibility index (Phi) is 5.00. The average Bonchev–Trinajstić information content (AvgIpc) is 3.01. The van der Waals surface area contributed by atoms with Crippen LogP contribution in [0.2, 0.25) is 0 Å². The molecule has 2 aromatic heterocycles. The SMILES string of the molecule is CSc1ncc(CN2C[C@@H]3CC[C@H](C2)N(Cc2cscn2)C3=O)cn1. The first-order chi connectivity index (χ1) is 12.2. The number of carbonyl (C=O) groups excluding carboxylic acids is 1. The van der Waals surface area contributed by atoms with Crippen molar-refractivity contribution in [3.8, 4) is 0 Å². The van der Waals surface area contributed by atoms with Crippen LogP contribution in [0.25, 0.3) is 0 Å². The summed E-state index contributed by atoms with van der Waals surface area (Å²) in [6.07, 6.45) is 7.86. The Morgan fingerprint density at radius 1 is 1.20 bits per heavy atom. The van der Waals surface area contributed by atoms with Gasteiger partial charge in [0.15, 0.2) is 5.16 Å². The van der Waals surface area contributed by atoms with Crippen molar-refractivity contribution >= 4 is 29.0 Å². The second-order valence-corrected chi connectivity index (χ2v) is 8.14. The lowest BCUT2D eigenvalue weighted by Gasteiger charge is -2.35. The highest BCUT2D eigenvalue weighted by Gasteiger charge is 2.40. The summed E-state index contributed by atoms with van der Waals surface area (Å²) in [6, 6.07) is 0.277. The van der Waals surface area contributed by atoms with E-state index in [1.165, 1.54) is 0 Å². The Hall–Kier alpha value is -1.51. The molecule has 5 rings (SSSR count). The molecule has 8 heteroatoms. The van der Waals surface area contributed by atoms with Gasteiger partial charge >= 0.3 is 0 Å². The van der Waals surface area contributed by atoms with Crippen molar-refractivity contribution in [2.24, 2.45) is 5.92 Å². The number of piperidine rings is 1. The van der Waals surface area contributed by atoms with Crippen LogP contribution in [0.1, 0.15) is 24.1 Å². The van der Waals surface area contributed by atoms with E-state index < -0.39 is 0 Å². The number of hydrogen-bond donors (Lipinski definition) is 0. The van der Waals surface area contributed by atoms with E-state index in [4.69, 9.17) is 0 Å². The van der Waals surface area contributed by atoms with Crippen molar-refractivity contribution < 1.29 is 4.79 Å². The quantitative estimate of drug-likeness (QED) is 0.590. The maximum Gasteiger partial charge on any atom is 0.227 e. The summed E-state index contributed by atoms with van der Waals surface area (Å²) in [7, 11) is 0. The molecule has 0 aromatic carbocycles. The lowest BCUT2D eigenvalue weighted by molar-refractivity contribution is -0.140. The first kappa shape index (κ1) is 16.9. The van der Waals surface area contributed by atoms with E-state index in [-0.39, 0.29) is 12.0 Å². The number of thiazole rings is 1. The molecule has 3 aliphatic heterocycles. The number of nitrogens with zero attached hydrogens (tertiary/aromatic N) is 5. The van der Waals surface area contributed by atoms with Crippen LogP contribution in [0.3, 0.4) is 0 Å². The predicted molar refractivity (Wildman–Crippen MR) is 98.3 cm³/mol. The minimum atomic E-state index is 0.101. The third kappa shape index (κ3) is 3.70. The Balaban J connectivity index is 1.47. The van der Waals surface area contributed by atoms with Gasteiger partial charge in [-0.3, -0.25) is 9.69 Å². The molecule has 0 N–H and O–H groups in total. The highest BCUT2D eigenvalue weighted by atomic mass is 32.2. The fourth-order valence-electron chi connectivity index (χ4n) is 3.75. The average molecular weight is 376 g/mol. The minimum absolute atomic E-state index is 0.101. The molecule has 0 unspecified atom stereocenters.